The largest absolute Gasteiger partial charge is 0.314 e. The molecule has 5 heteroatoms. The number of piperazine rings is 1. The summed E-state index contributed by atoms with van der Waals surface area (Å²) in [5, 5.41) is 3.86. The van der Waals surface area contributed by atoms with Crippen molar-refractivity contribution in [2.75, 3.05) is 26.2 Å². The quantitative estimate of drug-likeness (QED) is 0.851. The van der Waals surface area contributed by atoms with Crippen LogP contribution in [0.1, 0.15) is 23.6 Å². The first-order chi connectivity index (χ1) is 9.15. The summed E-state index contributed by atoms with van der Waals surface area (Å²) in [5.41, 5.74) is 1.53. The van der Waals surface area contributed by atoms with Gasteiger partial charge in [-0.25, -0.2) is 4.39 Å². The first-order valence-electron chi connectivity index (χ1n) is 6.65. The number of hydrogen-bond acceptors (Lipinski definition) is 2. The predicted octanol–water partition coefficient (Wildman–Crippen LogP) is 3.73. The summed E-state index contributed by atoms with van der Waals surface area (Å²) >= 11 is 6.33. The van der Waals surface area contributed by atoms with Crippen LogP contribution in [0.2, 0.25) is 5.02 Å². The summed E-state index contributed by atoms with van der Waals surface area (Å²) in [6, 6.07) is 3.21. The SMILES string of the molecule is C=CC[C@@H](c1c(F)ccc(C)c1Cl)N1CCNCC1.Cl. The van der Waals surface area contributed by atoms with Gasteiger partial charge in [0.2, 0.25) is 0 Å². The molecule has 0 aromatic heterocycles. The lowest BCUT2D eigenvalue weighted by Gasteiger charge is -2.35. The molecule has 1 N–H and O–H groups in total. The molecule has 20 heavy (non-hydrogen) atoms. The molecule has 0 bridgehead atoms. The number of nitrogens with zero attached hydrogens (tertiary/aromatic N) is 1. The number of aryl methyl sites for hydroxylation is 1. The molecule has 1 aliphatic heterocycles. The van der Waals surface area contributed by atoms with E-state index in [0.29, 0.717) is 17.0 Å². The zero-order valence-corrected chi connectivity index (χ0v) is 13.2. The maximum absolute atomic E-state index is 14.2. The molecule has 0 aliphatic carbocycles. The normalized spacial score (nSPS) is 17.4. The highest BCUT2D eigenvalue weighted by atomic mass is 35.5. The summed E-state index contributed by atoms with van der Waals surface area (Å²) < 4.78 is 14.2. The van der Waals surface area contributed by atoms with E-state index < -0.39 is 0 Å². The molecule has 1 aromatic rings. The van der Waals surface area contributed by atoms with Crippen molar-refractivity contribution in [1.82, 2.24) is 10.2 Å². The molecule has 2 rings (SSSR count). The Morgan fingerprint density at radius 1 is 1.45 bits per heavy atom. The highest BCUT2D eigenvalue weighted by Crippen LogP contribution is 2.34. The maximum Gasteiger partial charge on any atom is 0.129 e. The molecule has 1 fully saturated rings. The van der Waals surface area contributed by atoms with Gasteiger partial charge in [0.25, 0.3) is 0 Å². The Labute approximate surface area is 131 Å². The Bertz CT molecular complexity index is 459. The van der Waals surface area contributed by atoms with Crippen LogP contribution >= 0.6 is 24.0 Å². The van der Waals surface area contributed by atoms with E-state index in [-0.39, 0.29) is 24.3 Å². The highest BCUT2D eigenvalue weighted by Gasteiger charge is 2.26. The van der Waals surface area contributed by atoms with Gasteiger partial charge >= 0.3 is 0 Å². The Hall–Kier alpha value is -0.610. The monoisotopic (exact) mass is 318 g/mol. The van der Waals surface area contributed by atoms with Crippen LogP contribution in [0.4, 0.5) is 4.39 Å². The Balaban J connectivity index is 0.00000200. The standard InChI is InChI=1S/C15H20ClFN2.ClH/c1-3-4-13(19-9-7-18-8-10-19)14-12(17)6-5-11(2)15(14)16;/h3,5-6,13,18H,1,4,7-10H2,2H3;1H/t13-;/m0./s1. The molecule has 1 aromatic carbocycles. The van der Waals surface area contributed by atoms with E-state index in [1.165, 1.54) is 6.07 Å². The second-order valence-corrected chi connectivity index (χ2v) is 5.30. The zero-order chi connectivity index (χ0) is 13.8. The number of halogens is 3. The molecular formula is C15H21Cl2FN2. The van der Waals surface area contributed by atoms with Crippen molar-refractivity contribution in [3.8, 4) is 0 Å². The smallest absolute Gasteiger partial charge is 0.129 e. The Morgan fingerprint density at radius 3 is 2.70 bits per heavy atom. The van der Waals surface area contributed by atoms with Crippen molar-refractivity contribution in [2.45, 2.75) is 19.4 Å². The average molecular weight is 319 g/mol. The van der Waals surface area contributed by atoms with Crippen molar-refractivity contribution in [3.63, 3.8) is 0 Å². The fraction of sp³-hybridized carbons (Fsp3) is 0.467. The molecule has 1 heterocycles. The summed E-state index contributed by atoms with van der Waals surface area (Å²) in [5.74, 6) is -0.221. The highest BCUT2D eigenvalue weighted by molar-refractivity contribution is 6.32. The molecule has 0 amide bonds. The molecule has 0 saturated carbocycles. The van der Waals surface area contributed by atoms with Crippen LogP contribution in [0, 0.1) is 12.7 Å². The Morgan fingerprint density at radius 2 is 2.10 bits per heavy atom. The first kappa shape index (κ1) is 17.4. The lowest BCUT2D eigenvalue weighted by atomic mass is 9.98. The minimum Gasteiger partial charge on any atom is -0.314 e. The van der Waals surface area contributed by atoms with Gasteiger partial charge in [0.15, 0.2) is 0 Å². The summed E-state index contributed by atoms with van der Waals surface area (Å²) in [6.07, 6.45) is 2.55. The van der Waals surface area contributed by atoms with Crippen molar-refractivity contribution < 1.29 is 4.39 Å². The van der Waals surface area contributed by atoms with Gasteiger partial charge < -0.3 is 5.32 Å². The Kier molecular flexibility index (Phi) is 6.96. The summed E-state index contributed by atoms with van der Waals surface area (Å²) in [6.45, 7) is 9.37. The van der Waals surface area contributed by atoms with Gasteiger partial charge in [-0.2, -0.15) is 0 Å². The predicted molar refractivity (Wildman–Crippen MR) is 85.4 cm³/mol. The van der Waals surface area contributed by atoms with E-state index in [1.807, 2.05) is 13.0 Å². The van der Waals surface area contributed by atoms with Crippen molar-refractivity contribution in [2.24, 2.45) is 0 Å². The van der Waals surface area contributed by atoms with Crippen LogP contribution in [0.25, 0.3) is 0 Å². The minimum atomic E-state index is -0.221. The fourth-order valence-corrected chi connectivity index (χ4v) is 2.86. The van der Waals surface area contributed by atoms with Crippen LogP contribution in [0.3, 0.4) is 0 Å². The lowest BCUT2D eigenvalue weighted by Crippen LogP contribution is -2.45. The van der Waals surface area contributed by atoms with E-state index in [1.54, 1.807) is 6.07 Å². The molecule has 1 saturated heterocycles. The van der Waals surface area contributed by atoms with Gasteiger partial charge in [-0.05, 0) is 25.0 Å². The molecule has 2 nitrogen and oxygen atoms in total. The average Bonchev–Trinajstić information content (AvgIpc) is 2.43. The third-order valence-corrected chi connectivity index (χ3v) is 4.14. The van der Waals surface area contributed by atoms with Crippen LogP contribution < -0.4 is 5.32 Å². The number of benzene rings is 1. The van der Waals surface area contributed by atoms with Crippen LogP contribution in [0.15, 0.2) is 24.8 Å². The summed E-state index contributed by atoms with van der Waals surface area (Å²) in [4.78, 5) is 2.28. The van der Waals surface area contributed by atoms with Gasteiger partial charge in [-0.1, -0.05) is 23.7 Å². The van der Waals surface area contributed by atoms with E-state index in [4.69, 9.17) is 11.6 Å². The molecule has 0 unspecified atom stereocenters. The van der Waals surface area contributed by atoms with E-state index in [0.717, 1.165) is 31.7 Å². The summed E-state index contributed by atoms with van der Waals surface area (Å²) in [7, 11) is 0. The number of hydrogen-bond donors (Lipinski definition) is 1. The maximum atomic E-state index is 14.2. The fourth-order valence-electron chi connectivity index (χ4n) is 2.58. The van der Waals surface area contributed by atoms with Crippen molar-refractivity contribution >= 4 is 24.0 Å². The van der Waals surface area contributed by atoms with E-state index >= 15 is 0 Å². The van der Waals surface area contributed by atoms with Crippen molar-refractivity contribution in [1.29, 1.82) is 0 Å². The van der Waals surface area contributed by atoms with Gasteiger partial charge in [0, 0.05) is 37.8 Å². The first-order valence-corrected chi connectivity index (χ1v) is 7.03. The molecule has 1 atom stereocenters. The van der Waals surface area contributed by atoms with Crippen molar-refractivity contribution in [3.05, 3.63) is 46.8 Å². The third-order valence-electron chi connectivity index (χ3n) is 3.64. The third kappa shape index (κ3) is 3.73. The topological polar surface area (TPSA) is 15.3 Å². The molecule has 0 radical (unpaired) electrons. The van der Waals surface area contributed by atoms with E-state index in [2.05, 4.69) is 16.8 Å². The van der Waals surface area contributed by atoms with Gasteiger partial charge in [0.05, 0.1) is 5.02 Å². The molecule has 112 valence electrons. The van der Waals surface area contributed by atoms with Crippen LogP contribution in [-0.2, 0) is 0 Å². The minimum absolute atomic E-state index is 0. The van der Waals surface area contributed by atoms with E-state index in [9.17, 15) is 4.39 Å². The number of nitrogens with one attached hydrogen (secondary N) is 1. The lowest BCUT2D eigenvalue weighted by molar-refractivity contribution is 0.171. The zero-order valence-electron chi connectivity index (χ0n) is 11.7. The molecular weight excluding hydrogens is 298 g/mol. The molecule has 1 aliphatic rings. The van der Waals surface area contributed by atoms with Crippen LogP contribution in [-0.4, -0.2) is 31.1 Å². The second-order valence-electron chi connectivity index (χ2n) is 4.92. The molecule has 0 spiro atoms. The van der Waals surface area contributed by atoms with Gasteiger partial charge in [-0.3, -0.25) is 4.90 Å². The van der Waals surface area contributed by atoms with Gasteiger partial charge in [-0.15, -0.1) is 19.0 Å². The van der Waals surface area contributed by atoms with Crippen LogP contribution in [0.5, 0.6) is 0 Å². The van der Waals surface area contributed by atoms with Gasteiger partial charge in [0.1, 0.15) is 5.82 Å². The second kappa shape index (κ2) is 7.99. The number of rotatable bonds is 4.